The summed E-state index contributed by atoms with van der Waals surface area (Å²) in [7, 11) is 0. The van der Waals surface area contributed by atoms with Gasteiger partial charge in [-0.25, -0.2) is 0 Å². The van der Waals surface area contributed by atoms with Crippen molar-refractivity contribution in [2.45, 2.75) is 277 Å². The first-order chi connectivity index (χ1) is 30.6. The first kappa shape index (κ1) is 59.6. The van der Waals surface area contributed by atoms with Crippen LogP contribution in [-0.4, -0.2) is 36.4 Å². The first-order valence-electron chi connectivity index (χ1n) is 26.8. The van der Waals surface area contributed by atoms with E-state index in [1.807, 2.05) is 0 Å². The van der Waals surface area contributed by atoms with Crippen molar-refractivity contribution in [2.24, 2.45) is 0 Å². The lowest BCUT2D eigenvalue weighted by molar-refractivity contribution is -0.161. The van der Waals surface area contributed by atoms with Gasteiger partial charge in [-0.1, -0.05) is 235 Å². The van der Waals surface area contributed by atoms with E-state index in [2.05, 4.69) is 74.6 Å². The molecule has 0 aromatic rings. The lowest BCUT2D eigenvalue weighted by atomic mass is 10.0. The van der Waals surface area contributed by atoms with Crippen molar-refractivity contribution in [3.8, 4) is 0 Å². The second-order valence-electron chi connectivity index (χ2n) is 17.9. The summed E-state index contributed by atoms with van der Waals surface area (Å²) in [6.45, 7) is 4.14. The average molecular weight is 867 g/mol. The largest absolute Gasteiger partial charge is 0.462 e. The Morgan fingerprint density at radius 1 is 0.371 bits per heavy atom. The Hall–Kier alpha value is -2.40. The molecular formula is C57H102O5. The van der Waals surface area contributed by atoms with Gasteiger partial charge >= 0.3 is 11.9 Å². The molecular weight excluding hydrogens is 765 g/mol. The molecule has 5 nitrogen and oxygen atoms in total. The zero-order valence-corrected chi connectivity index (χ0v) is 41.1. The van der Waals surface area contributed by atoms with Gasteiger partial charge in [0, 0.05) is 12.8 Å². The SMILES string of the molecule is CCCCCCC/C=C\C/C=C\C/C=C\CCCCCCCCCCCCCCC(=O)OC(CO)COC(=O)CCCCCCCCCCC/C=C\C/C=C\CCCCCCC. The van der Waals surface area contributed by atoms with Crippen LogP contribution in [0.2, 0.25) is 0 Å². The molecule has 5 heteroatoms. The molecule has 0 radical (unpaired) electrons. The Labute approximate surface area is 385 Å². The minimum Gasteiger partial charge on any atom is -0.462 e. The van der Waals surface area contributed by atoms with Gasteiger partial charge in [0.25, 0.3) is 0 Å². The van der Waals surface area contributed by atoms with E-state index in [1.54, 1.807) is 0 Å². The number of unbranched alkanes of at least 4 members (excludes halogenated alkanes) is 31. The van der Waals surface area contributed by atoms with Gasteiger partial charge in [0.05, 0.1) is 6.61 Å². The number of hydrogen-bond acceptors (Lipinski definition) is 5. The van der Waals surface area contributed by atoms with Crippen LogP contribution in [0.4, 0.5) is 0 Å². The molecule has 0 saturated heterocycles. The van der Waals surface area contributed by atoms with E-state index in [1.165, 1.54) is 186 Å². The van der Waals surface area contributed by atoms with E-state index in [-0.39, 0.29) is 25.2 Å². The molecule has 0 rings (SSSR count). The maximum absolute atomic E-state index is 12.3. The van der Waals surface area contributed by atoms with Crippen LogP contribution in [0.15, 0.2) is 60.8 Å². The molecule has 0 amide bonds. The number of carbonyl (C=O) groups is 2. The Morgan fingerprint density at radius 2 is 0.645 bits per heavy atom. The molecule has 0 aliphatic heterocycles. The number of allylic oxidation sites excluding steroid dienone is 10. The highest BCUT2D eigenvalue weighted by Gasteiger charge is 2.16. The van der Waals surface area contributed by atoms with Crippen molar-refractivity contribution in [1.29, 1.82) is 0 Å². The van der Waals surface area contributed by atoms with E-state index in [0.29, 0.717) is 12.8 Å². The van der Waals surface area contributed by atoms with Crippen molar-refractivity contribution in [2.75, 3.05) is 13.2 Å². The quantitative estimate of drug-likeness (QED) is 0.0375. The molecule has 1 unspecified atom stereocenters. The van der Waals surface area contributed by atoms with Gasteiger partial charge < -0.3 is 14.6 Å². The van der Waals surface area contributed by atoms with Crippen LogP contribution in [0.3, 0.4) is 0 Å². The van der Waals surface area contributed by atoms with E-state index < -0.39 is 6.10 Å². The van der Waals surface area contributed by atoms with Crippen molar-refractivity contribution < 1.29 is 24.2 Å². The fourth-order valence-electron chi connectivity index (χ4n) is 7.71. The molecule has 0 spiro atoms. The Kier molecular flexibility index (Phi) is 50.9. The number of ether oxygens (including phenoxy) is 2. The smallest absolute Gasteiger partial charge is 0.306 e. The lowest BCUT2D eigenvalue weighted by Crippen LogP contribution is -2.28. The highest BCUT2D eigenvalue weighted by atomic mass is 16.6. The first-order valence-corrected chi connectivity index (χ1v) is 26.8. The van der Waals surface area contributed by atoms with Gasteiger partial charge in [0.2, 0.25) is 0 Å². The predicted molar refractivity (Wildman–Crippen MR) is 270 cm³/mol. The number of rotatable bonds is 49. The summed E-state index contributed by atoms with van der Waals surface area (Å²) in [5.41, 5.74) is 0. The molecule has 360 valence electrons. The van der Waals surface area contributed by atoms with E-state index >= 15 is 0 Å². The van der Waals surface area contributed by atoms with Crippen LogP contribution in [-0.2, 0) is 19.1 Å². The molecule has 1 atom stereocenters. The van der Waals surface area contributed by atoms with Gasteiger partial charge in [-0.2, -0.15) is 0 Å². The summed E-state index contributed by atoms with van der Waals surface area (Å²) in [6, 6.07) is 0. The molecule has 0 bridgehead atoms. The Balaban J connectivity index is 3.51. The second kappa shape index (κ2) is 52.9. The third-order valence-corrected chi connectivity index (χ3v) is 11.8. The average Bonchev–Trinajstić information content (AvgIpc) is 3.28. The molecule has 0 aliphatic rings. The predicted octanol–water partition coefficient (Wildman–Crippen LogP) is 17.9. The minimum atomic E-state index is -0.777. The summed E-state index contributed by atoms with van der Waals surface area (Å²) in [5.74, 6) is -0.591. The van der Waals surface area contributed by atoms with Crippen LogP contribution >= 0.6 is 0 Å². The van der Waals surface area contributed by atoms with Gasteiger partial charge in [0.1, 0.15) is 6.61 Å². The monoisotopic (exact) mass is 867 g/mol. The highest BCUT2D eigenvalue weighted by molar-refractivity contribution is 5.70. The third kappa shape index (κ3) is 50.2. The third-order valence-electron chi connectivity index (χ3n) is 11.8. The van der Waals surface area contributed by atoms with Gasteiger partial charge in [-0.15, -0.1) is 0 Å². The Bertz CT molecular complexity index is 1070. The van der Waals surface area contributed by atoms with Crippen LogP contribution in [0.25, 0.3) is 0 Å². The molecule has 0 aromatic heterocycles. The molecule has 62 heavy (non-hydrogen) atoms. The maximum Gasteiger partial charge on any atom is 0.306 e. The standard InChI is InChI=1S/C57H102O5/c1-3-5-7-9-11-13-15-17-19-21-23-25-26-27-28-29-30-32-34-36-38-40-42-44-46-48-50-52-57(60)62-55(53-58)54-61-56(59)51-49-47-45-43-41-39-37-35-33-31-24-22-20-18-16-14-12-10-8-6-4-2/h15-18,21-24,26-27,55,58H,3-14,19-20,25,28-54H2,1-2H3/b17-15-,18-16-,23-21-,24-22-,27-26-. The Morgan fingerprint density at radius 3 is 0.968 bits per heavy atom. The fourth-order valence-corrected chi connectivity index (χ4v) is 7.71. The lowest BCUT2D eigenvalue weighted by Gasteiger charge is -2.15. The zero-order chi connectivity index (χ0) is 44.9. The minimum absolute atomic E-state index is 0.0689. The molecule has 0 aliphatic carbocycles. The van der Waals surface area contributed by atoms with Gasteiger partial charge in [-0.05, 0) is 83.5 Å². The number of aliphatic hydroxyl groups excluding tert-OH is 1. The second-order valence-corrected chi connectivity index (χ2v) is 17.9. The topological polar surface area (TPSA) is 72.8 Å². The van der Waals surface area contributed by atoms with Crippen LogP contribution in [0, 0.1) is 0 Å². The van der Waals surface area contributed by atoms with Crippen molar-refractivity contribution >= 4 is 11.9 Å². The highest BCUT2D eigenvalue weighted by Crippen LogP contribution is 2.15. The number of esters is 2. The van der Waals surface area contributed by atoms with E-state index in [0.717, 1.165) is 57.8 Å². The zero-order valence-electron chi connectivity index (χ0n) is 41.1. The van der Waals surface area contributed by atoms with Crippen molar-refractivity contribution in [1.82, 2.24) is 0 Å². The number of aliphatic hydroxyl groups is 1. The molecule has 0 saturated carbocycles. The molecule has 0 aromatic carbocycles. The molecule has 0 heterocycles. The van der Waals surface area contributed by atoms with Crippen molar-refractivity contribution in [3.63, 3.8) is 0 Å². The number of hydrogen-bond donors (Lipinski definition) is 1. The van der Waals surface area contributed by atoms with Gasteiger partial charge in [0.15, 0.2) is 6.10 Å². The van der Waals surface area contributed by atoms with E-state index in [4.69, 9.17) is 9.47 Å². The van der Waals surface area contributed by atoms with Crippen LogP contribution in [0.5, 0.6) is 0 Å². The maximum atomic E-state index is 12.3. The van der Waals surface area contributed by atoms with Gasteiger partial charge in [-0.3, -0.25) is 9.59 Å². The summed E-state index contributed by atoms with van der Waals surface area (Å²) < 4.78 is 10.7. The summed E-state index contributed by atoms with van der Waals surface area (Å²) >= 11 is 0. The number of carbonyl (C=O) groups excluding carboxylic acids is 2. The summed E-state index contributed by atoms with van der Waals surface area (Å²) in [4.78, 5) is 24.5. The fraction of sp³-hybridized carbons (Fsp3) is 0.789. The molecule has 0 fully saturated rings. The van der Waals surface area contributed by atoms with Crippen molar-refractivity contribution in [3.05, 3.63) is 60.8 Å². The summed E-state index contributed by atoms with van der Waals surface area (Å²) in [5, 5.41) is 9.64. The molecule has 1 N–H and O–H groups in total. The van der Waals surface area contributed by atoms with Crippen LogP contribution < -0.4 is 0 Å². The van der Waals surface area contributed by atoms with Crippen LogP contribution in [0.1, 0.15) is 271 Å². The van der Waals surface area contributed by atoms with E-state index in [9.17, 15) is 14.7 Å². The normalized spacial score (nSPS) is 12.6. The summed E-state index contributed by atoms with van der Waals surface area (Å²) in [6.07, 6.45) is 70.3.